The number of Topliss-reactive ketones (excluding diaryl/α,β-unsaturated/α-hetero) is 1. The topological polar surface area (TPSA) is 65.3 Å². The fourth-order valence-electron chi connectivity index (χ4n) is 1.01. The van der Waals surface area contributed by atoms with Gasteiger partial charge in [0.25, 0.3) is 0 Å². The Labute approximate surface area is 89.4 Å². The quantitative estimate of drug-likeness (QED) is 0.739. The first kappa shape index (κ1) is 11.7. The maximum atomic E-state index is 11.2. The van der Waals surface area contributed by atoms with E-state index in [1.807, 2.05) is 0 Å². The van der Waals surface area contributed by atoms with E-state index in [1.165, 1.54) is 19.9 Å². The largest absolute Gasteiger partial charge is 0.577 e. The van der Waals surface area contributed by atoms with Gasteiger partial charge in [-0.2, -0.15) is 0 Å². The van der Waals surface area contributed by atoms with Gasteiger partial charge >= 0.3 is 0 Å². The SMILES string of the molecule is CCS(=O)(=O)[N-]c1cccc(C(C)=O)c1. The molecule has 82 valence electrons. The lowest BCUT2D eigenvalue weighted by Gasteiger charge is -2.20. The molecule has 15 heavy (non-hydrogen) atoms. The molecule has 0 aliphatic carbocycles. The molecule has 0 spiro atoms. The van der Waals surface area contributed by atoms with Crippen LogP contribution in [0.4, 0.5) is 5.69 Å². The number of rotatable bonds is 4. The van der Waals surface area contributed by atoms with Gasteiger partial charge in [-0.3, -0.25) is 4.79 Å². The molecule has 1 rings (SSSR count). The molecule has 0 radical (unpaired) electrons. The van der Waals surface area contributed by atoms with Crippen LogP contribution in [-0.4, -0.2) is 20.0 Å². The van der Waals surface area contributed by atoms with E-state index in [1.54, 1.807) is 18.2 Å². The summed E-state index contributed by atoms with van der Waals surface area (Å²) in [6.07, 6.45) is 0. The number of carbonyl (C=O) groups is 1. The number of benzene rings is 1. The van der Waals surface area contributed by atoms with Gasteiger partial charge in [0, 0.05) is 11.3 Å². The van der Waals surface area contributed by atoms with Gasteiger partial charge in [-0.1, -0.05) is 31.2 Å². The van der Waals surface area contributed by atoms with Crippen LogP contribution < -0.4 is 0 Å². The highest BCUT2D eigenvalue weighted by atomic mass is 32.2. The van der Waals surface area contributed by atoms with Gasteiger partial charge < -0.3 is 4.72 Å². The molecule has 0 amide bonds. The molecule has 0 atom stereocenters. The Morgan fingerprint density at radius 1 is 1.40 bits per heavy atom. The normalized spacial score (nSPS) is 11.1. The third kappa shape index (κ3) is 3.36. The van der Waals surface area contributed by atoms with Crippen LogP contribution in [-0.2, 0) is 10.0 Å². The minimum absolute atomic E-state index is 0.0443. The Hall–Kier alpha value is -1.36. The van der Waals surface area contributed by atoms with E-state index in [9.17, 15) is 13.2 Å². The maximum Gasteiger partial charge on any atom is 0.159 e. The lowest BCUT2D eigenvalue weighted by atomic mass is 10.1. The zero-order valence-electron chi connectivity index (χ0n) is 8.60. The smallest absolute Gasteiger partial charge is 0.159 e. The number of nitrogens with zero attached hydrogens (tertiary/aromatic N) is 1. The third-order valence-electron chi connectivity index (χ3n) is 1.86. The highest BCUT2D eigenvalue weighted by molar-refractivity contribution is 7.94. The average Bonchev–Trinajstić information content (AvgIpc) is 2.17. The van der Waals surface area contributed by atoms with Gasteiger partial charge in [-0.15, -0.1) is 5.69 Å². The molecule has 0 saturated heterocycles. The predicted molar refractivity (Wildman–Crippen MR) is 58.9 cm³/mol. The molecule has 0 fully saturated rings. The number of hydrogen-bond donors (Lipinski definition) is 0. The van der Waals surface area contributed by atoms with Gasteiger partial charge in [0.15, 0.2) is 5.78 Å². The molecule has 0 heterocycles. The zero-order chi connectivity index (χ0) is 11.5. The van der Waals surface area contributed by atoms with Crippen molar-refractivity contribution in [2.75, 3.05) is 5.75 Å². The van der Waals surface area contributed by atoms with Crippen LogP contribution in [0.1, 0.15) is 24.2 Å². The second kappa shape index (κ2) is 4.44. The molecular formula is C10H12NO3S-. The monoisotopic (exact) mass is 226 g/mol. The summed E-state index contributed by atoms with van der Waals surface area (Å²) in [4.78, 5) is 11.0. The van der Waals surface area contributed by atoms with Crippen LogP contribution in [0, 0.1) is 0 Å². The summed E-state index contributed by atoms with van der Waals surface area (Å²) in [7, 11) is -3.40. The Morgan fingerprint density at radius 2 is 2.07 bits per heavy atom. The first-order chi connectivity index (χ1) is 6.94. The molecule has 1 aromatic rings. The average molecular weight is 226 g/mol. The van der Waals surface area contributed by atoms with E-state index in [-0.39, 0.29) is 11.5 Å². The van der Waals surface area contributed by atoms with E-state index in [0.717, 1.165) is 0 Å². The Balaban J connectivity index is 2.97. The minimum atomic E-state index is -3.40. The summed E-state index contributed by atoms with van der Waals surface area (Å²) >= 11 is 0. The fraction of sp³-hybridized carbons (Fsp3) is 0.300. The van der Waals surface area contributed by atoms with Crippen LogP contribution in [0.25, 0.3) is 4.72 Å². The second-order valence-electron chi connectivity index (χ2n) is 3.07. The lowest BCUT2D eigenvalue weighted by Crippen LogP contribution is -1.99. The van der Waals surface area contributed by atoms with Crippen molar-refractivity contribution >= 4 is 21.5 Å². The first-order valence-electron chi connectivity index (χ1n) is 4.51. The van der Waals surface area contributed by atoms with Crippen molar-refractivity contribution in [3.8, 4) is 0 Å². The summed E-state index contributed by atoms with van der Waals surface area (Å²) in [5.74, 6) is -0.155. The van der Waals surface area contributed by atoms with Gasteiger partial charge in [-0.05, 0) is 6.92 Å². The molecular weight excluding hydrogens is 214 g/mol. The van der Waals surface area contributed by atoms with E-state index in [4.69, 9.17) is 0 Å². The highest BCUT2D eigenvalue weighted by Crippen LogP contribution is 2.23. The number of sulfonamides is 1. The molecule has 1 aromatic carbocycles. The summed E-state index contributed by atoms with van der Waals surface area (Å²) in [6.45, 7) is 2.95. The summed E-state index contributed by atoms with van der Waals surface area (Å²) in [6, 6.07) is 6.26. The molecule has 0 bridgehead atoms. The van der Waals surface area contributed by atoms with Crippen molar-refractivity contribution < 1.29 is 13.2 Å². The van der Waals surface area contributed by atoms with Gasteiger partial charge in [-0.25, -0.2) is 8.42 Å². The molecule has 4 nitrogen and oxygen atoms in total. The van der Waals surface area contributed by atoms with Crippen molar-refractivity contribution in [3.63, 3.8) is 0 Å². The lowest BCUT2D eigenvalue weighted by molar-refractivity contribution is 0.101. The second-order valence-corrected chi connectivity index (χ2v) is 4.99. The molecule has 0 aliphatic rings. The van der Waals surface area contributed by atoms with Crippen LogP contribution >= 0.6 is 0 Å². The molecule has 0 aromatic heterocycles. The van der Waals surface area contributed by atoms with Crippen molar-refractivity contribution in [3.05, 3.63) is 34.6 Å². The van der Waals surface area contributed by atoms with Crippen molar-refractivity contribution in [2.45, 2.75) is 13.8 Å². The Bertz CT molecular complexity index is 465. The van der Waals surface area contributed by atoms with Crippen LogP contribution in [0.5, 0.6) is 0 Å². The van der Waals surface area contributed by atoms with E-state index in [2.05, 4.69) is 4.72 Å². The van der Waals surface area contributed by atoms with Crippen LogP contribution in [0.15, 0.2) is 24.3 Å². The summed E-state index contributed by atoms with van der Waals surface area (Å²) in [5, 5.41) is 0. The summed E-state index contributed by atoms with van der Waals surface area (Å²) in [5.41, 5.74) is 0.757. The van der Waals surface area contributed by atoms with E-state index in [0.29, 0.717) is 11.3 Å². The van der Waals surface area contributed by atoms with E-state index < -0.39 is 10.0 Å². The van der Waals surface area contributed by atoms with Gasteiger partial charge in [0.1, 0.15) is 0 Å². The molecule has 0 saturated carbocycles. The third-order valence-corrected chi connectivity index (χ3v) is 3.08. The Kier molecular flexibility index (Phi) is 3.47. The molecule has 0 unspecified atom stereocenters. The zero-order valence-corrected chi connectivity index (χ0v) is 9.41. The van der Waals surface area contributed by atoms with Crippen molar-refractivity contribution in [1.82, 2.24) is 0 Å². The highest BCUT2D eigenvalue weighted by Gasteiger charge is 1.98. The van der Waals surface area contributed by atoms with E-state index >= 15 is 0 Å². The number of ketones is 1. The van der Waals surface area contributed by atoms with Gasteiger partial charge in [0.05, 0.1) is 10.0 Å². The minimum Gasteiger partial charge on any atom is -0.577 e. The number of hydrogen-bond acceptors (Lipinski definition) is 3. The predicted octanol–water partition coefficient (Wildman–Crippen LogP) is 2.24. The fourth-order valence-corrected chi connectivity index (χ4v) is 1.57. The molecule has 5 heteroatoms. The van der Waals surface area contributed by atoms with Gasteiger partial charge in [0.2, 0.25) is 0 Å². The Morgan fingerprint density at radius 3 is 2.60 bits per heavy atom. The van der Waals surface area contributed by atoms with Crippen molar-refractivity contribution in [2.24, 2.45) is 0 Å². The number of carbonyl (C=O) groups excluding carboxylic acids is 1. The molecule has 0 aliphatic heterocycles. The maximum absolute atomic E-state index is 11.2. The van der Waals surface area contributed by atoms with Crippen molar-refractivity contribution in [1.29, 1.82) is 0 Å². The van der Waals surface area contributed by atoms with Crippen LogP contribution in [0.3, 0.4) is 0 Å². The first-order valence-corrected chi connectivity index (χ1v) is 6.12. The standard InChI is InChI=1S/C10H12NO3S/c1-3-15(13,14)11-10-6-4-5-9(7-10)8(2)12/h4-7H,3H2,1-2H3/q-1. The molecule has 0 N–H and O–H groups in total. The van der Waals surface area contributed by atoms with Crippen LogP contribution in [0.2, 0.25) is 0 Å². The summed E-state index contributed by atoms with van der Waals surface area (Å²) < 4.78 is 26.0.